The molecule has 0 spiro atoms. The Morgan fingerprint density at radius 3 is 2.39 bits per heavy atom. The Hall–Kier alpha value is -2.85. The summed E-state index contributed by atoms with van der Waals surface area (Å²) in [4.78, 5) is 13.6. The highest BCUT2D eigenvalue weighted by atomic mass is 32.2. The lowest BCUT2D eigenvalue weighted by Gasteiger charge is -2.18. The molecule has 0 aliphatic carbocycles. The van der Waals surface area contributed by atoms with E-state index in [1.807, 2.05) is 55.9 Å². The van der Waals surface area contributed by atoms with Gasteiger partial charge in [0.05, 0.1) is 31.1 Å². The van der Waals surface area contributed by atoms with E-state index in [-0.39, 0.29) is 17.5 Å². The van der Waals surface area contributed by atoms with Crippen molar-refractivity contribution in [2.75, 3.05) is 25.2 Å². The lowest BCUT2D eigenvalue weighted by molar-refractivity contribution is -0.890. The van der Waals surface area contributed by atoms with Crippen LogP contribution in [0.3, 0.4) is 0 Å². The number of carbonyl (C=O) groups is 1. The maximum absolute atomic E-state index is 13.2. The van der Waals surface area contributed by atoms with E-state index >= 15 is 0 Å². The van der Waals surface area contributed by atoms with Gasteiger partial charge in [0.15, 0.2) is 11.0 Å². The first-order valence-electron chi connectivity index (χ1n) is 9.58. The first kappa shape index (κ1) is 22.8. The van der Waals surface area contributed by atoms with Crippen LogP contribution in [0.5, 0.6) is 0 Å². The van der Waals surface area contributed by atoms with Crippen molar-refractivity contribution in [2.24, 2.45) is 0 Å². The molecule has 1 aromatic heterocycles. The number of thioether (sulfide) groups is 1. The molecule has 0 aliphatic rings. The van der Waals surface area contributed by atoms with Crippen molar-refractivity contribution >= 4 is 23.4 Å². The molecule has 1 heterocycles. The summed E-state index contributed by atoms with van der Waals surface area (Å²) in [5, 5.41) is 11.4. The summed E-state index contributed by atoms with van der Waals surface area (Å²) in [7, 11) is 4.01. The van der Waals surface area contributed by atoms with Crippen molar-refractivity contribution in [3.05, 3.63) is 66.0 Å². The third-order valence-corrected chi connectivity index (χ3v) is 5.69. The minimum Gasteiger partial charge on any atom is -0.331 e. The van der Waals surface area contributed by atoms with Crippen LogP contribution in [0.15, 0.2) is 59.8 Å². The van der Waals surface area contributed by atoms with Crippen molar-refractivity contribution in [2.45, 2.75) is 24.3 Å². The average Bonchev–Trinajstić information content (AvgIpc) is 3.15. The molecular formula is C21H23F3N5OS+. The second-order valence-electron chi connectivity index (χ2n) is 7.19. The molecule has 0 unspecified atom stereocenters. The number of alkyl halides is 3. The molecular weight excluding hydrogens is 427 g/mol. The molecule has 3 aromatic rings. The van der Waals surface area contributed by atoms with Gasteiger partial charge in [-0.05, 0) is 31.2 Å². The molecule has 2 aromatic carbocycles. The topological polar surface area (TPSA) is 64.2 Å². The van der Waals surface area contributed by atoms with E-state index in [0.717, 1.165) is 34.2 Å². The van der Waals surface area contributed by atoms with E-state index in [4.69, 9.17) is 0 Å². The number of rotatable bonds is 7. The normalized spacial score (nSPS) is 12.7. The van der Waals surface area contributed by atoms with Gasteiger partial charge in [0.1, 0.15) is 6.04 Å². The molecule has 0 bridgehead atoms. The van der Waals surface area contributed by atoms with E-state index in [0.29, 0.717) is 5.16 Å². The molecule has 6 nitrogen and oxygen atoms in total. The fraction of sp³-hybridized carbons (Fsp3) is 0.286. The van der Waals surface area contributed by atoms with Crippen LogP contribution < -0.4 is 10.2 Å². The molecule has 0 radical (unpaired) electrons. The van der Waals surface area contributed by atoms with E-state index in [2.05, 4.69) is 15.5 Å². The molecule has 2 N–H and O–H groups in total. The SMILES string of the molecule is C[C@H](c1nnc(SCC(=O)Nc2ccccc2C(F)(F)F)n1-c1ccccc1)[NH+](C)C. The molecule has 31 heavy (non-hydrogen) atoms. The van der Waals surface area contributed by atoms with Gasteiger partial charge in [-0.2, -0.15) is 13.2 Å². The molecule has 0 fully saturated rings. The number of anilines is 1. The number of nitrogens with one attached hydrogen (secondary N) is 2. The number of quaternary nitrogens is 1. The number of hydrogen-bond acceptors (Lipinski definition) is 4. The van der Waals surface area contributed by atoms with Crippen molar-refractivity contribution in [3.63, 3.8) is 0 Å². The summed E-state index contributed by atoms with van der Waals surface area (Å²) in [6, 6.07) is 14.4. The van der Waals surface area contributed by atoms with Crippen LogP contribution in [0.25, 0.3) is 5.69 Å². The minimum atomic E-state index is -4.55. The van der Waals surface area contributed by atoms with Crippen molar-refractivity contribution in [3.8, 4) is 5.69 Å². The number of halogens is 3. The average molecular weight is 451 g/mol. The number of carbonyl (C=O) groups excluding carboxylic acids is 1. The van der Waals surface area contributed by atoms with Gasteiger partial charge in [0, 0.05) is 5.69 Å². The highest BCUT2D eigenvalue weighted by molar-refractivity contribution is 7.99. The first-order valence-corrected chi connectivity index (χ1v) is 10.6. The quantitative estimate of drug-likeness (QED) is 0.543. The Labute approximate surface area is 182 Å². The smallest absolute Gasteiger partial charge is 0.331 e. The lowest BCUT2D eigenvalue weighted by Crippen LogP contribution is -3.05. The van der Waals surface area contributed by atoms with Crippen LogP contribution in [0, 0.1) is 0 Å². The number of hydrogen-bond donors (Lipinski definition) is 2. The molecule has 0 saturated heterocycles. The predicted octanol–water partition coefficient (Wildman–Crippen LogP) is 3.22. The highest BCUT2D eigenvalue weighted by Crippen LogP contribution is 2.34. The summed E-state index contributed by atoms with van der Waals surface area (Å²) in [5.41, 5.74) is -0.303. The zero-order chi connectivity index (χ0) is 22.6. The Bertz CT molecular complexity index is 1040. The maximum Gasteiger partial charge on any atom is 0.418 e. The van der Waals surface area contributed by atoms with Crippen LogP contribution in [0.2, 0.25) is 0 Å². The molecule has 3 rings (SSSR count). The third-order valence-electron chi connectivity index (χ3n) is 4.77. The zero-order valence-corrected chi connectivity index (χ0v) is 18.1. The standard InChI is InChI=1S/C21H22F3N5OS/c1-14(28(2)3)19-26-27-20(29(19)15-9-5-4-6-10-15)31-13-18(30)25-17-12-8-7-11-16(17)21(22,23)24/h4-12,14H,13H2,1-3H3,(H,25,30)/p+1/t14-/m1/s1. The van der Waals surface area contributed by atoms with E-state index < -0.39 is 17.6 Å². The lowest BCUT2D eigenvalue weighted by atomic mass is 10.1. The van der Waals surface area contributed by atoms with Gasteiger partial charge >= 0.3 is 6.18 Å². The fourth-order valence-corrected chi connectivity index (χ4v) is 3.65. The summed E-state index contributed by atoms with van der Waals surface area (Å²) in [5.74, 6) is 0.0639. The summed E-state index contributed by atoms with van der Waals surface area (Å²) >= 11 is 1.12. The van der Waals surface area contributed by atoms with Crippen LogP contribution in [0.4, 0.5) is 18.9 Å². The van der Waals surface area contributed by atoms with Gasteiger partial charge < -0.3 is 10.2 Å². The minimum absolute atomic E-state index is 0.0366. The van der Waals surface area contributed by atoms with Crippen LogP contribution in [0.1, 0.15) is 24.4 Å². The molecule has 164 valence electrons. The monoisotopic (exact) mass is 450 g/mol. The Kier molecular flexibility index (Phi) is 7.01. The van der Waals surface area contributed by atoms with Gasteiger partial charge in [0.2, 0.25) is 5.91 Å². The van der Waals surface area contributed by atoms with Crippen LogP contribution >= 0.6 is 11.8 Å². The second-order valence-corrected chi connectivity index (χ2v) is 8.13. The van der Waals surface area contributed by atoms with Gasteiger partial charge in [0.25, 0.3) is 0 Å². The number of para-hydroxylation sites is 2. The Balaban J connectivity index is 1.80. The number of aromatic nitrogens is 3. The van der Waals surface area contributed by atoms with E-state index in [9.17, 15) is 18.0 Å². The first-order chi connectivity index (χ1) is 14.7. The van der Waals surface area contributed by atoms with Crippen molar-refractivity contribution in [1.29, 1.82) is 0 Å². The largest absolute Gasteiger partial charge is 0.418 e. The fourth-order valence-electron chi connectivity index (χ4n) is 2.89. The highest BCUT2D eigenvalue weighted by Gasteiger charge is 2.33. The molecule has 10 heteroatoms. The maximum atomic E-state index is 13.2. The van der Waals surface area contributed by atoms with Crippen molar-refractivity contribution < 1.29 is 22.9 Å². The molecule has 0 saturated carbocycles. The van der Waals surface area contributed by atoms with Crippen molar-refractivity contribution in [1.82, 2.24) is 14.8 Å². The summed E-state index contributed by atoms with van der Waals surface area (Å²) in [6.45, 7) is 2.02. The predicted molar refractivity (Wildman–Crippen MR) is 113 cm³/mol. The molecule has 0 aliphatic heterocycles. The van der Waals surface area contributed by atoms with Crippen LogP contribution in [-0.4, -0.2) is 40.5 Å². The Morgan fingerprint density at radius 2 is 1.74 bits per heavy atom. The van der Waals surface area contributed by atoms with Gasteiger partial charge in [-0.3, -0.25) is 9.36 Å². The molecule has 1 amide bonds. The molecule has 1 atom stereocenters. The van der Waals surface area contributed by atoms with E-state index in [1.54, 1.807) is 0 Å². The summed E-state index contributed by atoms with van der Waals surface area (Å²) in [6.07, 6.45) is -4.55. The second kappa shape index (κ2) is 9.52. The number of benzene rings is 2. The zero-order valence-electron chi connectivity index (χ0n) is 17.3. The number of nitrogens with zero attached hydrogens (tertiary/aromatic N) is 3. The van der Waals surface area contributed by atoms with Gasteiger partial charge in [-0.25, -0.2) is 0 Å². The van der Waals surface area contributed by atoms with Gasteiger partial charge in [-0.1, -0.05) is 42.1 Å². The van der Waals surface area contributed by atoms with Gasteiger partial charge in [-0.15, -0.1) is 10.2 Å². The van der Waals surface area contributed by atoms with Crippen LogP contribution in [-0.2, 0) is 11.0 Å². The van der Waals surface area contributed by atoms with E-state index in [1.165, 1.54) is 18.2 Å². The Morgan fingerprint density at radius 1 is 1.10 bits per heavy atom. The number of amides is 1. The third kappa shape index (κ3) is 5.45. The summed E-state index contributed by atoms with van der Waals surface area (Å²) < 4.78 is 41.3.